The van der Waals surface area contributed by atoms with Crippen LogP contribution >= 0.6 is 0 Å². The molecule has 3 heteroatoms. The van der Waals surface area contributed by atoms with Crippen LogP contribution < -0.4 is 10.1 Å². The van der Waals surface area contributed by atoms with Crippen molar-refractivity contribution in [3.8, 4) is 5.75 Å². The Hall–Kier alpha value is -1.51. The largest absolute Gasteiger partial charge is 0.493 e. The first-order valence-electron chi connectivity index (χ1n) is 5.05. The minimum atomic E-state index is 0.346. The Morgan fingerprint density at radius 2 is 2.40 bits per heavy atom. The zero-order valence-corrected chi connectivity index (χ0v) is 9.58. The first-order chi connectivity index (χ1) is 7.17. The Morgan fingerprint density at radius 3 is 3.00 bits per heavy atom. The predicted octanol–water partition coefficient (Wildman–Crippen LogP) is 2.78. The van der Waals surface area contributed by atoms with Gasteiger partial charge in [-0.25, -0.2) is 0 Å². The molecule has 0 bridgehead atoms. The summed E-state index contributed by atoms with van der Waals surface area (Å²) in [6.45, 7) is 7.79. The lowest BCUT2D eigenvalue weighted by Crippen LogP contribution is -2.14. The molecule has 0 aliphatic rings. The number of methoxy groups -OCH3 is 1. The molecular formula is C12H18N2O. The van der Waals surface area contributed by atoms with E-state index in [1.165, 1.54) is 0 Å². The third-order valence-electron chi connectivity index (χ3n) is 2.15. The molecule has 0 saturated carbocycles. The molecule has 1 rings (SSSR count). The van der Waals surface area contributed by atoms with Gasteiger partial charge >= 0.3 is 0 Å². The topological polar surface area (TPSA) is 34.2 Å². The van der Waals surface area contributed by atoms with Gasteiger partial charge in [-0.1, -0.05) is 6.08 Å². The normalized spacial score (nSPS) is 11.9. The number of ether oxygens (including phenoxy) is 1. The zero-order chi connectivity index (χ0) is 11.3. The minimum absolute atomic E-state index is 0.346. The summed E-state index contributed by atoms with van der Waals surface area (Å²) in [5.41, 5.74) is 1.96. The maximum Gasteiger partial charge on any atom is 0.160 e. The van der Waals surface area contributed by atoms with Crippen molar-refractivity contribution in [2.45, 2.75) is 26.3 Å². The van der Waals surface area contributed by atoms with E-state index in [4.69, 9.17) is 4.74 Å². The lowest BCUT2D eigenvalue weighted by atomic mass is 10.2. The second kappa shape index (κ2) is 5.39. The Labute approximate surface area is 91.2 Å². The zero-order valence-electron chi connectivity index (χ0n) is 9.58. The fourth-order valence-corrected chi connectivity index (χ4v) is 1.40. The van der Waals surface area contributed by atoms with Crippen LogP contribution in [0.2, 0.25) is 0 Å². The van der Waals surface area contributed by atoms with E-state index in [1.54, 1.807) is 13.3 Å². The summed E-state index contributed by atoms with van der Waals surface area (Å²) in [4.78, 5) is 4.18. The fourth-order valence-electron chi connectivity index (χ4n) is 1.40. The van der Waals surface area contributed by atoms with Crippen molar-refractivity contribution in [1.82, 2.24) is 4.98 Å². The SMILES string of the molecule is C=CCC(C)Nc1cc(C)ncc1OC. The summed E-state index contributed by atoms with van der Waals surface area (Å²) >= 11 is 0. The maximum atomic E-state index is 5.23. The quantitative estimate of drug-likeness (QED) is 0.752. The van der Waals surface area contributed by atoms with Crippen molar-refractivity contribution in [3.05, 3.63) is 30.6 Å². The Balaban J connectivity index is 2.81. The Kier molecular flexibility index (Phi) is 4.16. The maximum absolute atomic E-state index is 5.23. The number of nitrogens with zero attached hydrogens (tertiary/aromatic N) is 1. The first-order valence-corrected chi connectivity index (χ1v) is 5.05. The number of hydrogen-bond acceptors (Lipinski definition) is 3. The molecular weight excluding hydrogens is 188 g/mol. The average Bonchev–Trinajstić information content (AvgIpc) is 2.18. The van der Waals surface area contributed by atoms with Gasteiger partial charge in [0.2, 0.25) is 0 Å². The van der Waals surface area contributed by atoms with Crippen LogP contribution in [0.4, 0.5) is 5.69 Å². The van der Waals surface area contributed by atoms with E-state index in [9.17, 15) is 0 Å². The van der Waals surface area contributed by atoms with Gasteiger partial charge in [-0.3, -0.25) is 4.98 Å². The number of aromatic nitrogens is 1. The second-order valence-corrected chi connectivity index (χ2v) is 3.60. The molecule has 0 radical (unpaired) electrons. The average molecular weight is 206 g/mol. The highest BCUT2D eigenvalue weighted by atomic mass is 16.5. The van der Waals surface area contributed by atoms with E-state index >= 15 is 0 Å². The molecule has 82 valence electrons. The molecule has 3 nitrogen and oxygen atoms in total. The number of nitrogens with one attached hydrogen (secondary N) is 1. The highest BCUT2D eigenvalue weighted by Crippen LogP contribution is 2.24. The van der Waals surface area contributed by atoms with Crippen LogP contribution in [0.1, 0.15) is 19.0 Å². The number of rotatable bonds is 5. The number of pyridine rings is 1. The molecule has 1 N–H and O–H groups in total. The van der Waals surface area contributed by atoms with E-state index in [1.807, 2.05) is 19.1 Å². The first kappa shape index (κ1) is 11.6. The van der Waals surface area contributed by atoms with Gasteiger partial charge in [0.1, 0.15) is 0 Å². The second-order valence-electron chi connectivity index (χ2n) is 3.60. The monoisotopic (exact) mass is 206 g/mol. The predicted molar refractivity (Wildman–Crippen MR) is 63.4 cm³/mol. The van der Waals surface area contributed by atoms with Gasteiger partial charge in [0, 0.05) is 11.7 Å². The van der Waals surface area contributed by atoms with Crippen LogP contribution in [0.25, 0.3) is 0 Å². The van der Waals surface area contributed by atoms with E-state index in [0.717, 1.165) is 23.6 Å². The van der Waals surface area contributed by atoms with Gasteiger partial charge in [0.25, 0.3) is 0 Å². The Bertz CT molecular complexity index is 336. The number of anilines is 1. The van der Waals surface area contributed by atoms with Crippen molar-refractivity contribution in [2.24, 2.45) is 0 Å². The molecule has 0 amide bonds. The van der Waals surface area contributed by atoms with Gasteiger partial charge in [-0.15, -0.1) is 6.58 Å². The molecule has 15 heavy (non-hydrogen) atoms. The smallest absolute Gasteiger partial charge is 0.160 e. The summed E-state index contributed by atoms with van der Waals surface area (Å²) < 4.78 is 5.23. The van der Waals surface area contributed by atoms with Crippen molar-refractivity contribution >= 4 is 5.69 Å². The van der Waals surface area contributed by atoms with Crippen molar-refractivity contribution in [2.75, 3.05) is 12.4 Å². The molecule has 0 aliphatic carbocycles. The standard InChI is InChI=1S/C12H18N2O/c1-5-6-9(2)14-11-7-10(3)13-8-12(11)15-4/h5,7-9H,1,6H2,2-4H3,(H,13,14). The summed E-state index contributed by atoms with van der Waals surface area (Å²) in [5.74, 6) is 0.775. The van der Waals surface area contributed by atoms with Crippen molar-refractivity contribution in [1.29, 1.82) is 0 Å². The lowest BCUT2D eigenvalue weighted by molar-refractivity contribution is 0.414. The van der Waals surface area contributed by atoms with Crippen LogP contribution in [0, 0.1) is 6.92 Å². The molecule has 1 heterocycles. The van der Waals surface area contributed by atoms with E-state index in [-0.39, 0.29) is 0 Å². The van der Waals surface area contributed by atoms with Crippen LogP contribution in [0.5, 0.6) is 5.75 Å². The molecule has 1 aromatic rings. The van der Waals surface area contributed by atoms with Crippen LogP contribution in [0.3, 0.4) is 0 Å². The third kappa shape index (κ3) is 3.27. The highest BCUT2D eigenvalue weighted by molar-refractivity contribution is 5.56. The molecule has 0 spiro atoms. The van der Waals surface area contributed by atoms with Gasteiger partial charge in [-0.05, 0) is 26.3 Å². The molecule has 0 saturated heterocycles. The van der Waals surface area contributed by atoms with E-state index < -0.39 is 0 Å². The molecule has 1 unspecified atom stereocenters. The molecule has 0 aliphatic heterocycles. The highest BCUT2D eigenvalue weighted by Gasteiger charge is 2.06. The van der Waals surface area contributed by atoms with Gasteiger partial charge in [0.05, 0.1) is 19.0 Å². The summed E-state index contributed by atoms with van der Waals surface area (Å²) in [7, 11) is 1.65. The number of hydrogen-bond donors (Lipinski definition) is 1. The lowest BCUT2D eigenvalue weighted by Gasteiger charge is -2.16. The van der Waals surface area contributed by atoms with Gasteiger partial charge < -0.3 is 10.1 Å². The van der Waals surface area contributed by atoms with Gasteiger partial charge in [-0.2, -0.15) is 0 Å². The number of aryl methyl sites for hydroxylation is 1. The van der Waals surface area contributed by atoms with Crippen LogP contribution in [0.15, 0.2) is 24.9 Å². The van der Waals surface area contributed by atoms with Crippen molar-refractivity contribution in [3.63, 3.8) is 0 Å². The summed E-state index contributed by atoms with van der Waals surface area (Å²) in [6.07, 6.45) is 4.56. The van der Waals surface area contributed by atoms with Crippen molar-refractivity contribution < 1.29 is 4.74 Å². The third-order valence-corrected chi connectivity index (χ3v) is 2.15. The molecule has 1 atom stereocenters. The van der Waals surface area contributed by atoms with Crippen LogP contribution in [-0.4, -0.2) is 18.1 Å². The Morgan fingerprint density at radius 1 is 1.67 bits per heavy atom. The molecule has 0 aromatic carbocycles. The fraction of sp³-hybridized carbons (Fsp3) is 0.417. The van der Waals surface area contributed by atoms with E-state index in [2.05, 4.69) is 23.8 Å². The van der Waals surface area contributed by atoms with Gasteiger partial charge in [0.15, 0.2) is 5.75 Å². The minimum Gasteiger partial charge on any atom is -0.493 e. The molecule has 0 fully saturated rings. The summed E-state index contributed by atoms with van der Waals surface area (Å²) in [6, 6.07) is 2.33. The molecule has 1 aromatic heterocycles. The summed E-state index contributed by atoms with van der Waals surface area (Å²) in [5, 5.41) is 3.37. The van der Waals surface area contributed by atoms with E-state index in [0.29, 0.717) is 6.04 Å². The van der Waals surface area contributed by atoms with Crippen LogP contribution in [-0.2, 0) is 0 Å².